The molecule has 0 aliphatic heterocycles. The first kappa shape index (κ1) is 16.6. The molecule has 0 heterocycles. The number of anilines is 1. The van der Waals surface area contributed by atoms with Crippen LogP contribution < -0.4 is 5.73 Å². The van der Waals surface area contributed by atoms with Crippen LogP contribution in [0.1, 0.15) is 5.56 Å². The standard InChI is InChI=1S/C17H13N3O4S/c18-15-9-8-12(20(21)22)10-14(15)17(19)25(23,24)16-7-3-5-11-4-1-2-6-13(11)16/h1-10,19H,18H2. The lowest BCUT2D eigenvalue weighted by Gasteiger charge is -2.11. The van der Waals surface area contributed by atoms with Gasteiger partial charge in [0.2, 0.25) is 9.84 Å². The van der Waals surface area contributed by atoms with Gasteiger partial charge in [0.05, 0.1) is 9.82 Å². The monoisotopic (exact) mass is 355 g/mol. The number of nitro groups is 1. The van der Waals surface area contributed by atoms with Crippen LogP contribution in [0.2, 0.25) is 0 Å². The Hall–Kier alpha value is -3.26. The van der Waals surface area contributed by atoms with Gasteiger partial charge in [0.15, 0.2) is 5.04 Å². The SMILES string of the molecule is N=C(c1cc([N+](=O)[O-])ccc1N)S(=O)(=O)c1cccc2ccccc12. The van der Waals surface area contributed by atoms with E-state index in [1.807, 2.05) is 0 Å². The molecule has 8 heteroatoms. The molecule has 3 aromatic carbocycles. The molecule has 3 aromatic rings. The fraction of sp³-hybridized carbons (Fsp3) is 0. The maximum Gasteiger partial charge on any atom is 0.270 e. The Labute approximate surface area is 143 Å². The van der Waals surface area contributed by atoms with Crippen molar-refractivity contribution in [1.29, 1.82) is 5.41 Å². The van der Waals surface area contributed by atoms with Crippen LogP contribution in [0.4, 0.5) is 11.4 Å². The van der Waals surface area contributed by atoms with Gasteiger partial charge in [-0.1, -0.05) is 36.4 Å². The second-order valence-corrected chi connectivity index (χ2v) is 7.19. The highest BCUT2D eigenvalue weighted by Gasteiger charge is 2.27. The van der Waals surface area contributed by atoms with Gasteiger partial charge in [0.25, 0.3) is 5.69 Å². The summed E-state index contributed by atoms with van der Waals surface area (Å²) < 4.78 is 25.9. The molecule has 0 aliphatic rings. The second kappa shape index (κ2) is 5.99. The fourth-order valence-electron chi connectivity index (χ4n) is 2.54. The summed E-state index contributed by atoms with van der Waals surface area (Å²) in [4.78, 5) is 10.2. The largest absolute Gasteiger partial charge is 0.398 e. The lowest BCUT2D eigenvalue weighted by molar-refractivity contribution is -0.384. The number of fused-ring (bicyclic) bond motifs is 1. The third-order valence-electron chi connectivity index (χ3n) is 3.80. The molecule has 126 valence electrons. The summed E-state index contributed by atoms with van der Waals surface area (Å²) in [6.45, 7) is 0. The summed E-state index contributed by atoms with van der Waals surface area (Å²) in [5.74, 6) is 0. The Morgan fingerprint density at radius 1 is 1.04 bits per heavy atom. The highest BCUT2D eigenvalue weighted by atomic mass is 32.2. The van der Waals surface area contributed by atoms with Gasteiger partial charge in [-0.15, -0.1) is 0 Å². The molecule has 0 unspecified atom stereocenters. The Kier molecular flexibility index (Phi) is 3.97. The Morgan fingerprint density at radius 3 is 2.44 bits per heavy atom. The molecule has 0 atom stereocenters. The number of hydrogen-bond donors (Lipinski definition) is 2. The van der Waals surface area contributed by atoms with E-state index in [0.717, 1.165) is 12.1 Å². The predicted molar refractivity (Wildman–Crippen MR) is 95.5 cm³/mol. The topological polar surface area (TPSA) is 127 Å². The summed E-state index contributed by atoms with van der Waals surface area (Å²) in [6, 6.07) is 15.0. The van der Waals surface area contributed by atoms with Gasteiger partial charge in [-0.25, -0.2) is 8.42 Å². The van der Waals surface area contributed by atoms with Gasteiger partial charge in [0.1, 0.15) is 0 Å². The van der Waals surface area contributed by atoms with Crippen LogP contribution in [0.3, 0.4) is 0 Å². The van der Waals surface area contributed by atoms with Gasteiger partial charge >= 0.3 is 0 Å². The second-order valence-electron chi connectivity index (χ2n) is 5.34. The molecule has 0 aromatic heterocycles. The van der Waals surface area contributed by atoms with E-state index in [1.165, 1.54) is 12.1 Å². The lowest BCUT2D eigenvalue weighted by atomic mass is 10.1. The zero-order chi connectivity index (χ0) is 18.2. The summed E-state index contributed by atoms with van der Waals surface area (Å²) >= 11 is 0. The van der Waals surface area contributed by atoms with Crippen molar-refractivity contribution < 1.29 is 13.3 Å². The minimum absolute atomic E-state index is 0.0144. The number of nitrogens with one attached hydrogen (secondary N) is 1. The molecule has 3 rings (SSSR count). The number of non-ortho nitro benzene ring substituents is 1. The molecule has 7 nitrogen and oxygen atoms in total. The zero-order valence-electron chi connectivity index (χ0n) is 12.8. The molecule has 25 heavy (non-hydrogen) atoms. The lowest BCUT2D eigenvalue weighted by Crippen LogP contribution is -2.17. The summed E-state index contributed by atoms with van der Waals surface area (Å²) in [7, 11) is -4.20. The number of sulfone groups is 1. The van der Waals surface area contributed by atoms with Crippen LogP contribution in [0.5, 0.6) is 0 Å². The maximum atomic E-state index is 12.9. The average molecular weight is 355 g/mol. The minimum Gasteiger partial charge on any atom is -0.398 e. The molecule has 0 radical (unpaired) electrons. The van der Waals surface area contributed by atoms with E-state index in [0.29, 0.717) is 10.8 Å². The Morgan fingerprint density at radius 2 is 1.72 bits per heavy atom. The van der Waals surface area contributed by atoms with Gasteiger partial charge < -0.3 is 5.73 Å². The molecular weight excluding hydrogens is 342 g/mol. The molecule has 0 spiro atoms. The molecular formula is C17H13N3O4S. The molecule has 3 N–H and O–H groups in total. The van der Waals surface area contributed by atoms with E-state index in [1.54, 1.807) is 36.4 Å². The first-order valence-electron chi connectivity index (χ1n) is 7.18. The number of rotatable bonds is 3. The molecule has 0 fully saturated rings. The number of nitro benzene ring substituents is 1. The highest BCUT2D eigenvalue weighted by Crippen LogP contribution is 2.28. The normalized spacial score (nSPS) is 11.4. The number of nitrogens with zero attached hydrogens (tertiary/aromatic N) is 1. The van der Waals surface area contributed by atoms with E-state index in [4.69, 9.17) is 11.1 Å². The van der Waals surface area contributed by atoms with Crippen molar-refractivity contribution in [1.82, 2.24) is 0 Å². The van der Waals surface area contributed by atoms with Crippen molar-refractivity contribution >= 4 is 37.0 Å². The number of nitrogens with two attached hydrogens (primary N) is 1. The fourth-order valence-corrected chi connectivity index (χ4v) is 3.96. The van der Waals surface area contributed by atoms with Crippen molar-refractivity contribution in [3.63, 3.8) is 0 Å². The van der Waals surface area contributed by atoms with Crippen LogP contribution >= 0.6 is 0 Å². The zero-order valence-corrected chi connectivity index (χ0v) is 13.7. The van der Waals surface area contributed by atoms with E-state index >= 15 is 0 Å². The predicted octanol–water partition coefficient (Wildman–Crippen LogP) is 3.13. The van der Waals surface area contributed by atoms with Gasteiger partial charge in [-0.3, -0.25) is 15.5 Å². The van der Waals surface area contributed by atoms with Gasteiger partial charge in [0, 0.05) is 28.8 Å². The Balaban J connectivity index is 2.19. The Bertz CT molecular complexity index is 1120. The molecule has 0 aliphatic carbocycles. The van der Waals surface area contributed by atoms with Crippen LogP contribution in [0.25, 0.3) is 10.8 Å². The number of hydrogen-bond acceptors (Lipinski definition) is 6. The van der Waals surface area contributed by atoms with Gasteiger partial charge in [-0.2, -0.15) is 0 Å². The summed E-state index contributed by atoms with van der Waals surface area (Å²) in [5, 5.41) is 19.5. The van der Waals surface area contributed by atoms with E-state index in [9.17, 15) is 18.5 Å². The van der Waals surface area contributed by atoms with Crippen LogP contribution in [-0.4, -0.2) is 18.4 Å². The van der Waals surface area contributed by atoms with Crippen molar-refractivity contribution in [3.05, 3.63) is 76.3 Å². The smallest absolute Gasteiger partial charge is 0.270 e. The van der Waals surface area contributed by atoms with E-state index in [-0.39, 0.29) is 21.8 Å². The number of benzene rings is 3. The molecule has 0 amide bonds. The third-order valence-corrected chi connectivity index (χ3v) is 5.49. The maximum absolute atomic E-state index is 12.9. The van der Waals surface area contributed by atoms with Crippen molar-refractivity contribution in [2.45, 2.75) is 4.90 Å². The third kappa shape index (κ3) is 2.83. The number of nitrogen functional groups attached to an aromatic ring is 1. The van der Waals surface area contributed by atoms with Crippen LogP contribution in [0.15, 0.2) is 65.6 Å². The highest BCUT2D eigenvalue weighted by molar-refractivity contribution is 8.07. The first-order valence-corrected chi connectivity index (χ1v) is 8.66. The molecule has 0 saturated heterocycles. The minimum atomic E-state index is -4.20. The van der Waals surface area contributed by atoms with E-state index < -0.39 is 19.8 Å². The van der Waals surface area contributed by atoms with Gasteiger partial charge in [-0.05, 0) is 17.5 Å². The van der Waals surface area contributed by atoms with Crippen molar-refractivity contribution in [3.8, 4) is 0 Å². The summed E-state index contributed by atoms with van der Waals surface area (Å²) in [5.41, 5.74) is 5.21. The average Bonchev–Trinajstić information content (AvgIpc) is 2.60. The summed E-state index contributed by atoms with van der Waals surface area (Å²) in [6.07, 6.45) is 0. The molecule has 0 bridgehead atoms. The van der Waals surface area contributed by atoms with Crippen LogP contribution in [-0.2, 0) is 9.84 Å². The van der Waals surface area contributed by atoms with Crippen LogP contribution in [0, 0.1) is 15.5 Å². The molecule has 0 saturated carbocycles. The van der Waals surface area contributed by atoms with Crippen molar-refractivity contribution in [2.24, 2.45) is 0 Å². The van der Waals surface area contributed by atoms with E-state index in [2.05, 4.69) is 0 Å². The quantitative estimate of drug-likeness (QED) is 0.245. The van der Waals surface area contributed by atoms with Crippen molar-refractivity contribution in [2.75, 3.05) is 5.73 Å². The first-order chi connectivity index (χ1) is 11.8.